The molecule has 6 rings (SSSR count). The Balaban J connectivity index is 1.49. The van der Waals surface area contributed by atoms with Crippen molar-refractivity contribution in [3.05, 3.63) is 83.9 Å². The second-order valence-corrected chi connectivity index (χ2v) is 9.54. The van der Waals surface area contributed by atoms with E-state index in [0.717, 1.165) is 12.1 Å². The fraction of sp³-hybridized carbons (Fsp3) is 0.250. The summed E-state index contributed by atoms with van der Waals surface area (Å²) in [5.74, 6) is 0.108. The van der Waals surface area contributed by atoms with Gasteiger partial charge in [-0.2, -0.15) is 0 Å². The highest BCUT2D eigenvalue weighted by Crippen LogP contribution is 2.52. The van der Waals surface area contributed by atoms with Crippen LogP contribution in [0.1, 0.15) is 31.4 Å². The maximum absolute atomic E-state index is 12.6. The first kappa shape index (κ1) is 19.2. The van der Waals surface area contributed by atoms with Crippen molar-refractivity contribution < 1.29 is 4.79 Å². The normalized spacial score (nSPS) is 21.8. The van der Waals surface area contributed by atoms with Gasteiger partial charge in [-0.15, -0.1) is 0 Å². The lowest BCUT2D eigenvalue weighted by molar-refractivity contribution is -0.124. The van der Waals surface area contributed by atoms with E-state index in [1.165, 1.54) is 33.1 Å². The summed E-state index contributed by atoms with van der Waals surface area (Å²) in [6.45, 7) is 5.18. The molecule has 2 aliphatic rings. The summed E-state index contributed by atoms with van der Waals surface area (Å²) in [5, 5.41) is 5.88. The number of benzene rings is 3. The zero-order valence-corrected chi connectivity index (χ0v) is 18.7. The van der Waals surface area contributed by atoms with Crippen molar-refractivity contribution in [2.45, 2.75) is 31.3 Å². The van der Waals surface area contributed by atoms with Crippen LogP contribution in [0.25, 0.3) is 27.9 Å². The fourth-order valence-electron chi connectivity index (χ4n) is 5.83. The Hall–Kier alpha value is -3.53. The number of fused-ring (bicyclic) bond motifs is 6. The van der Waals surface area contributed by atoms with Gasteiger partial charge in [0.1, 0.15) is 5.66 Å². The molecule has 4 aromatic rings. The number of aromatic nitrogens is 1. The molecule has 1 amide bonds. The van der Waals surface area contributed by atoms with Gasteiger partial charge in [0.05, 0.1) is 0 Å². The van der Waals surface area contributed by atoms with Crippen LogP contribution in [-0.2, 0) is 17.3 Å². The Morgan fingerprint density at radius 1 is 0.938 bits per heavy atom. The Bertz CT molecular complexity index is 1430. The van der Waals surface area contributed by atoms with Gasteiger partial charge in [0.25, 0.3) is 0 Å². The zero-order chi connectivity index (χ0) is 22.1. The van der Waals surface area contributed by atoms with E-state index in [4.69, 9.17) is 0 Å². The predicted octanol–water partition coefficient (Wildman–Crippen LogP) is 5.36. The SMILES string of the molecule is Cn1c2ccccc2c2cc(C=CC34NC(=O)CCN3c3ccccc3C4(C)C)ccc21. The summed E-state index contributed by atoms with van der Waals surface area (Å²) >= 11 is 0. The minimum Gasteiger partial charge on any atom is -0.344 e. The number of hydrogen-bond acceptors (Lipinski definition) is 2. The quantitative estimate of drug-likeness (QED) is 0.473. The zero-order valence-electron chi connectivity index (χ0n) is 18.7. The third kappa shape index (κ3) is 2.41. The lowest BCUT2D eigenvalue weighted by atomic mass is 9.74. The molecule has 1 aromatic heterocycles. The van der Waals surface area contributed by atoms with Crippen molar-refractivity contribution in [3.8, 4) is 0 Å². The van der Waals surface area contributed by atoms with Crippen molar-refractivity contribution in [3.63, 3.8) is 0 Å². The number of amides is 1. The van der Waals surface area contributed by atoms with Gasteiger partial charge in [-0.1, -0.05) is 62.4 Å². The molecule has 4 heteroatoms. The van der Waals surface area contributed by atoms with Gasteiger partial charge in [-0.3, -0.25) is 4.79 Å². The molecule has 3 aromatic carbocycles. The summed E-state index contributed by atoms with van der Waals surface area (Å²) < 4.78 is 2.25. The molecule has 1 atom stereocenters. The van der Waals surface area contributed by atoms with Crippen LogP contribution >= 0.6 is 0 Å². The van der Waals surface area contributed by atoms with E-state index in [9.17, 15) is 4.79 Å². The summed E-state index contributed by atoms with van der Waals surface area (Å²) in [6, 6.07) is 23.7. The molecule has 4 nitrogen and oxygen atoms in total. The average Bonchev–Trinajstić information content (AvgIpc) is 3.19. The highest BCUT2D eigenvalue weighted by molar-refractivity contribution is 6.08. The summed E-state index contributed by atoms with van der Waals surface area (Å²) in [6.07, 6.45) is 4.89. The number of carbonyl (C=O) groups excluding carboxylic acids is 1. The Labute approximate surface area is 188 Å². The van der Waals surface area contributed by atoms with Gasteiger partial charge in [0, 0.05) is 52.9 Å². The molecule has 1 saturated heterocycles. The Kier molecular flexibility index (Phi) is 3.89. The van der Waals surface area contributed by atoms with Crippen LogP contribution in [0.5, 0.6) is 0 Å². The van der Waals surface area contributed by atoms with Gasteiger partial charge in [0.2, 0.25) is 5.91 Å². The van der Waals surface area contributed by atoms with Crippen molar-refractivity contribution in [2.75, 3.05) is 11.4 Å². The highest BCUT2D eigenvalue weighted by Gasteiger charge is 2.57. The van der Waals surface area contributed by atoms with E-state index < -0.39 is 5.66 Å². The molecule has 32 heavy (non-hydrogen) atoms. The molecule has 0 spiro atoms. The number of nitrogens with one attached hydrogen (secondary N) is 1. The molecule has 1 unspecified atom stereocenters. The number of hydrogen-bond donors (Lipinski definition) is 1. The number of aryl methyl sites for hydroxylation is 1. The van der Waals surface area contributed by atoms with E-state index in [1.807, 2.05) is 0 Å². The first-order valence-corrected chi connectivity index (χ1v) is 11.3. The van der Waals surface area contributed by atoms with E-state index in [1.54, 1.807) is 0 Å². The van der Waals surface area contributed by atoms with Gasteiger partial charge < -0.3 is 14.8 Å². The molecule has 1 N–H and O–H groups in total. The number of carbonyl (C=O) groups is 1. The number of rotatable bonds is 2. The van der Waals surface area contributed by atoms with E-state index in [0.29, 0.717) is 6.42 Å². The topological polar surface area (TPSA) is 37.3 Å². The van der Waals surface area contributed by atoms with Crippen LogP contribution in [0.2, 0.25) is 0 Å². The maximum Gasteiger partial charge on any atom is 0.223 e. The number of anilines is 1. The summed E-state index contributed by atoms with van der Waals surface area (Å²) in [4.78, 5) is 15.0. The lowest BCUT2D eigenvalue weighted by Crippen LogP contribution is -2.68. The molecule has 3 heterocycles. The molecule has 0 aliphatic carbocycles. The van der Waals surface area contributed by atoms with Crippen molar-refractivity contribution in [2.24, 2.45) is 7.05 Å². The van der Waals surface area contributed by atoms with Crippen LogP contribution < -0.4 is 10.2 Å². The Morgan fingerprint density at radius 3 is 2.56 bits per heavy atom. The predicted molar refractivity (Wildman–Crippen MR) is 132 cm³/mol. The Morgan fingerprint density at radius 2 is 1.69 bits per heavy atom. The molecule has 0 bridgehead atoms. The molecule has 2 aliphatic heterocycles. The van der Waals surface area contributed by atoms with Crippen molar-refractivity contribution in [1.82, 2.24) is 9.88 Å². The highest BCUT2D eigenvalue weighted by atomic mass is 16.2. The van der Waals surface area contributed by atoms with Gasteiger partial charge >= 0.3 is 0 Å². The van der Waals surface area contributed by atoms with E-state index in [2.05, 4.69) is 115 Å². The summed E-state index contributed by atoms with van der Waals surface area (Å²) in [5.41, 5.74) is 5.24. The molecular weight excluding hydrogens is 394 g/mol. The number of para-hydroxylation sites is 2. The lowest BCUT2D eigenvalue weighted by Gasteiger charge is -2.49. The van der Waals surface area contributed by atoms with Gasteiger partial charge in [-0.25, -0.2) is 0 Å². The number of nitrogens with zero attached hydrogens (tertiary/aromatic N) is 2. The average molecular weight is 422 g/mol. The third-order valence-electron chi connectivity index (χ3n) is 7.59. The molecule has 0 saturated carbocycles. The standard InChI is InChI=1S/C28H27N3O/c1-27(2)22-9-5-7-11-25(22)31-17-15-26(32)29-28(27,31)16-14-19-12-13-24-21(18-19)20-8-4-6-10-23(20)30(24)3/h4-14,16,18H,15,17H2,1-3H3,(H,29,32). The molecular formula is C28H27N3O. The van der Waals surface area contributed by atoms with Crippen LogP contribution in [-0.4, -0.2) is 22.7 Å². The summed E-state index contributed by atoms with van der Waals surface area (Å²) in [7, 11) is 2.12. The van der Waals surface area contributed by atoms with Crippen LogP contribution in [0.4, 0.5) is 5.69 Å². The molecule has 160 valence electrons. The smallest absolute Gasteiger partial charge is 0.223 e. The minimum atomic E-state index is -0.584. The molecule has 0 radical (unpaired) electrons. The van der Waals surface area contributed by atoms with Crippen LogP contribution in [0, 0.1) is 0 Å². The largest absolute Gasteiger partial charge is 0.344 e. The second-order valence-electron chi connectivity index (χ2n) is 9.54. The van der Waals surface area contributed by atoms with E-state index in [-0.39, 0.29) is 11.3 Å². The first-order valence-electron chi connectivity index (χ1n) is 11.3. The monoisotopic (exact) mass is 421 g/mol. The van der Waals surface area contributed by atoms with Crippen molar-refractivity contribution in [1.29, 1.82) is 0 Å². The van der Waals surface area contributed by atoms with Crippen LogP contribution in [0.15, 0.2) is 72.8 Å². The molecule has 1 fully saturated rings. The van der Waals surface area contributed by atoms with E-state index >= 15 is 0 Å². The van der Waals surface area contributed by atoms with Gasteiger partial charge in [-0.05, 0) is 41.5 Å². The third-order valence-corrected chi connectivity index (χ3v) is 7.59. The van der Waals surface area contributed by atoms with Crippen molar-refractivity contribution >= 4 is 39.5 Å². The maximum atomic E-state index is 12.6. The van der Waals surface area contributed by atoms with Crippen LogP contribution in [0.3, 0.4) is 0 Å². The van der Waals surface area contributed by atoms with Gasteiger partial charge in [0.15, 0.2) is 0 Å². The first-order chi connectivity index (χ1) is 15.4. The minimum absolute atomic E-state index is 0.108. The second kappa shape index (κ2) is 6.49. The fourth-order valence-corrected chi connectivity index (χ4v) is 5.83.